The number of nitro benzene ring substituents is 1. The average Bonchev–Trinajstić information content (AvgIpc) is 2.56. The smallest absolute Gasteiger partial charge is 0.333 e. The number of aromatic hydroxyl groups is 2. The third kappa shape index (κ3) is 2.85. The Labute approximate surface area is 115 Å². The molecule has 0 aliphatic heterocycles. The molecule has 10 heteroatoms. The molecule has 108 valence electrons. The highest BCUT2D eigenvalue weighted by atomic mass is 32.1. The van der Waals surface area contributed by atoms with Crippen molar-refractivity contribution in [3.8, 4) is 11.5 Å². The third-order valence-electron chi connectivity index (χ3n) is 2.13. The molecule has 1 aromatic heterocycles. The number of carbonyl (C=O) groups is 1. The van der Waals surface area contributed by atoms with Gasteiger partial charge in [0.05, 0.1) is 10.3 Å². The molecule has 9 nitrogen and oxygen atoms in total. The van der Waals surface area contributed by atoms with Gasteiger partial charge in [-0.3, -0.25) is 23.7 Å². The summed E-state index contributed by atoms with van der Waals surface area (Å²) >= 11 is 0.848. The molecule has 0 bridgehead atoms. The molecule has 0 saturated carbocycles. The molecule has 0 fully saturated rings. The van der Waals surface area contributed by atoms with Crippen molar-refractivity contribution in [1.29, 1.82) is 0 Å². The van der Waals surface area contributed by atoms with E-state index in [-0.39, 0.29) is 10.1 Å². The van der Waals surface area contributed by atoms with Gasteiger partial charge >= 0.3 is 5.69 Å². The minimum atomic E-state index is -0.833. The number of aliphatic carboxylic acids is 1. The Morgan fingerprint density at radius 1 is 1.45 bits per heavy atom. The van der Waals surface area contributed by atoms with Crippen LogP contribution in [0.1, 0.15) is 6.92 Å². The summed E-state index contributed by atoms with van der Waals surface area (Å²) in [6, 6.07) is 1.02. The maximum atomic E-state index is 11.5. The lowest BCUT2D eigenvalue weighted by Gasteiger charge is -1.98. The van der Waals surface area contributed by atoms with Crippen LogP contribution in [0.3, 0.4) is 0 Å². The summed E-state index contributed by atoms with van der Waals surface area (Å²) in [4.78, 5) is 30.4. The van der Waals surface area contributed by atoms with E-state index in [0.29, 0.717) is 0 Å². The zero-order chi connectivity index (χ0) is 15.6. The van der Waals surface area contributed by atoms with Gasteiger partial charge in [-0.05, 0) is 17.6 Å². The molecular weight excluding hydrogens is 292 g/mol. The van der Waals surface area contributed by atoms with Crippen LogP contribution in [0, 0.1) is 10.1 Å². The summed E-state index contributed by atoms with van der Waals surface area (Å²) in [6.45, 7) is 1.08. The number of nitro groups is 1. The van der Waals surface area contributed by atoms with Gasteiger partial charge < -0.3 is 15.3 Å². The average molecular weight is 302 g/mol. The highest BCUT2D eigenvalue weighted by Crippen LogP contribution is 2.42. The summed E-state index contributed by atoms with van der Waals surface area (Å²) in [5.41, 5.74) is -1.09. The molecule has 20 heavy (non-hydrogen) atoms. The number of aromatic nitrogens is 1. The van der Waals surface area contributed by atoms with Gasteiger partial charge in [0.1, 0.15) is 4.70 Å². The van der Waals surface area contributed by atoms with Crippen LogP contribution in [0.4, 0.5) is 5.69 Å². The van der Waals surface area contributed by atoms with Gasteiger partial charge in [0.25, 0.3) is 11.5 Å². The Kier molecular flexibility index (Phi) is 4.30. The van der Waals surface area contributed by atoms with Crippen molar-refractivity contribution < 1.29 is 25.0 Å². The third-order valence-corrected chi connectivity index (χ3v) is 3.17. The summed E-state index contributed by atoms with van der Waals surface area (Å²) < 4.78 is 1.24. The number of aryl methyl sites for hydroxylation is 1. The molecule has 2 rings (SSSR count). The fourth-order valence-electron chi connectivity index (χ4n) is 1.40. The van der Waals surface area contributed by atoms with Crippen molar-refractivity contribution in [2.75, 3.05) is 0 Å². The number of rotatable bonds is 1. The maximum Gasteiger partial charge on any atom is 0.333 e. The zero-order valence-electron chi connectivity index (χ0n) is 10.4. The minimum absolute atomic E-state index is 0.0227. The number of hydrogen-bond donors (Lipinski definition) is 3. The number of benzene rings is 1. The zero-order valence-corrected chi connectivity index (χ0v) is 11.2. The molecule has 2 aromatic rings. The summed E-state index contributed by atoms with van der Waals surface area (Å²) in [6.07, 6.45) is 0. The van der Waals surface area contributed by atoms with Crippen molar-refractivity contribution >= 4 is 33.3 Å². The van der Waals surface area contributed by atoms with Crippen LogP contribution >= 0.6 is 11.5 Å². The largest absolute Gasteiger partial charge is 0.504 e. The first-order valence-electron chi connectivity index (χ1n) is 5.05. The van der Waals surface area contributed by atoms with Gasteiger partial charge in [-0.25, -0.2) is 0 Å². The number of phenols is 2. The normalized spacial score (nSPS) is 9.90. The van der Waals surface area contributed by atoms with E-state index < -0.39 is 33.6 Å². The lowest BCUT2D eigenvalue weighted by atomic mass is 10.2. The summed E-state index contributed by atoms with van der Waals surface area (Å²) in [5.74, 6) is -2.32. The Morgan fingerprint density at radius 3 is 2.40 bits per heavy atom. The maximum absolute atomic E-state index is 11.5. The second-order valence-electron chi connectivity index (χ2n) is 3.64. The minimum Gasteiger partial charge on any atom is -0.504 e. The van der Waals surface area contributed by atoms with Gasteiger partial charge in [0.2, 0.25) is 5.75 Å². The van der Waals surface area contributed by atoms with Crippen LogP contribution in [-0.2, 0) is 11.8 Å². The van der Waals surface area contributed by atoms with Gasteiger partial charge in [0.15, 0.2) is 5.75 Å². The first-order valence-corrected chi connectivity index (χ1v) is 5.83. The van der Waals surface area contributed by atoms with E-state index in [0.717, 1.165) is 24.5 Å². The molecule has 0 aliphatic carbocycles. The van der Waals surface area contributed by atoms with Crippen LogP contribution in [0.15, 0.2) is 10.9 Å². The predicted molar refractivity (Wildman–Crippen MR) is 70.4 cm³/mol. The number of phenolic OH excluding ortho intramolecular Hbond substituents is 2. The quantitative estimate of drug-likeness (QED) is 0.405. The van der Waals surface area contributed by atoms with E-state index in [1.807, 2.05) is 0 Å². The van der Waals surface area contributed by atoms with Crippen molar-refractivity contribution in [3.63, 3.8) is 0 Å². The lowest BCUT2D eigenvalue weighted by molar-refractivity contribution is -0.383. The monoisotopic (exact) mass is 302 g/mol. The van der Waals surface area contributed by atoms with Crippen molar-refractivity contribution in [2.45, 2.75) is 6.92 Å². The number of carboxylic acid groups (broad SMARTS) is 1. The number of carboxylic acids is 1. The van der Waals surface area contributed by atoms with E-state index in [1.54, 1.807) is 0 Å². The molecule has 0 amide bonds. The number of hydrogen-bond acceptors (Lipinski definition) is 7. The first-order chi connectivity index (χ1) is 9.16. The Hall–Kier alpha value is -2.62. The Balaban J connectivity index is 0.000000444. The highest BCUT2D eigenvalue weighted by Gasteiger charge is 2.25. The number of fused-ring (bicyclic) bond motifs is 1. The SMILES string of the molecule is CC(=O)O.Cn1sc2c([N+](=O)[O-])c(O)c(O)cc2c1=O. The second-order valence-corrected chi connectivity index (χ2v) is 4.78. The molecule has 0 radical (unpaired) electrons. The fourth-order valence-corrected chi connectivity index (χ4v) is 2.35. The van der Waals surface area contributed by atoms with Gasteiger partial charge in [0, 0.05) is 14.0 Å². The van der Waals surface area contributed by atoms with E-state index in [2.05, 4.69) is 0 Å². The van der Waals surface area contributed by atoms with E-state index in [4.69, 9.17) is 9.90 Å². The highest BCUT2D eigenvalue weighted by molar-refractivity contribution is 7.14. The van der Waals surface area contributed by atoms with Crippen LogP contribution in [0.5, 0.6) is 11.5 Å². The van der Waals surface area contributed by atoms with Crippen molar-refractivity contribution in [2.24, 2.45) is 7.05 Å². The molecule has 0 aliphatic rings. The second kappa shape index (κ2) is 5.57. The van der Waals surface area contributed by atoms with Gasteiger partial charge in [-0.2, -0.15) is 0 Å². The molecule has 1 heterocycles. The molecule has 1 aromatic carbocycles. The Bertz CT molecular complexity index is 742. The van der Waals surface area contributed by atoms with E-state index >= 15 is 0 Å². The molecule has 0 unspecified atom stereocenters. The molecule has 0 spiro atoms. The van der Waals surface area contributed by atoms with Gasteiger partial charge in [-0.1, -0.05) is 0 Å². The standard InChI is InChI=1S/C8H6N2O5S.C2H4O2/c1-9-8(13)3-2-4(11)6(12)5(10(14)15)7(3)16-9;1-2(3)4/h2,11-12H,1H3;1H3,(H,3,4). The van der Waals surface area contributed by atoms with Crippen molar-refractivity contribution in [1.82, 2.24) is 3.96 Å². The van der Waals surface area contributed by atoms with Crippen LogP contribution in [0.25, 0.3) is 10.1 Å². The molecular formula is C10H10N2O7S. The van der Waals surface area contributed by atoms with Crippen LogP contribution in [0.2, 0.25) is 0 Å². The number of nitrogens with zero attached hydrogens (tertiary/aromatic N) is 2. The topological polar surface area (TPSA) is 143 Å². The van der Waals surface area contributed by atoms with Crippen LogP contribution < -0.4 is 5.56 Å². The Morgan fingerprint density at radius 2 is 1.95 bits per heavy atom. The van der Waals surface area contributed by atoms with E-state index in [1.165, 1.54) is 11.0 Å². The van der Waals surface area contributed by atoms with E-state index in [9.17, 15) is 25.1 Å². The molecule has 3 N–H and O–H groups in total. The lowest BCUT2D eigenvalue weighted by Crippen LogP contribution is -2.07. The molecule has 0 atom stereocenters. The van der Waals surface area contributed by atoms with Crippen LogP contribution in [-0.4, -0.2) is 30.2 Å². The fraction of sp³-hybridized carbons (Fsp3) is 0.200. The summed E-state index contributed by atoms with van der Waals surface area (Å²) in [5, 5.41) is 36.8. The van der Waals surface area contributed by atoms with Gasteiger partial charge in [-0.15, -0.1) is 0 Å². The molecule has 0 saturated heterocycles. The summed E-state index contributed by atoms with van der Waals surface area (Å²) in [7, 11) is 1.45. The first kappa shape index (κ1) is 15.4. The van der Waals surface area contributed by atoms with Crippen molar-refractivity contribution in [3.05, 3.63) is 26.5 Å². The predicted octanol–water partition coefficient (Wildman–Crippen LogP) is 1.01.